The molecule has 7 heteroatoms. The number of carbonyl (C=O) groups is 2. The van der Waals surface area contributed by atoms with Crippen LogP contribution in [0.3, 0.4) is 0 Å². The first-order chi connectivity index (χ1) is 15.6. The van der Waals surface area contributed by atoms with Gasteiger partial charge >= 0.3 is 0 Å². The summed E-state index contributed by atoms with van der Waals surface area (Å²) in [5.74, 6) is -0.376. The normalized spacial score (nSPS) is 20.0. The lowest BCUT2D eigenvalue weighted by molar-refractivity contribution is -0.112. The van der Waals surface area contributed by atoms with Crippen molar-refractivity contribution in [3.63, 3.8) is 0 Å². The Morgan fingerprint density at radius 1 is 1.31 bits per heavy atom. The molecule has 0 spiro atoms. The number of hydrogen-bond acceptors (Lipinski definition) is 5. The molecule has 6 nitrogen and oxygen atoms in total. The van der Waals surface area contributed by atoms with Crippen LogP contribution in [0.4, 0.5) is 5.69 Å². The van der Waals surface area contributed by atoms with Crippen LogP contribution in [0.5, 0.6) is 0 Å². The third-order valence-corrected chi connectivity index (χ3v) is 7.09. The molecule has 0 radical (unpaired) electrons. The fourth-order valence-corrected chi connectivity index (χ4v) is 5.18. The van der Waals surface area contributed by atoms with E-state index in [-0.39, 0.29) is 11.8 Å². The lowest BCUT2D eigenvalue weighted by Crippen LogP contribution is -2.40. The highest BCUT2D eigenvalue weighted by atomic mass is 32.2. The number of thioether (sulfide) groups is 1. The summed E-state index contributed by atoms with van der Waals surface area (Å²) in [4.78, 5) is 33.4. The minimum Gasteiger partial charge on any atom is -0.351 e. The van der Waals surface area contributed by atoms with Gasteiger partial charge < -0.3 is 15.5 Å². The van der Waals surface area contributed by atoms with Gasteiger partial charge in [0.05, 0.1) is 15.5 Å². The van der Waals surface area contributed by atoms with Gasteiger partial charge in [-0.1, -0.05) is 55.4 Å². The highest BCUT2D eigenvalue weighted by molar-refractivity contribution is 8.04. The van der Waals surface area contributed by atoms with Gasteiger partial charge in [-0.3, -0.25) is 9.59 Å². The average Bonchev–Trinajstić information content (AvgIpc) is 2.82. The zero-order valence-corrected chi connectivity index (χ0v) is 19.3. The predicted molar refractivity (Wildman–Crippen MR) is 130 cm³/mol. The Kier molecular flexibility index (Phi) is 7.60. The SMILES string of the molecule is CCC1CCCCN1CCCNC(=O)c1cc2c(cn1)SC(=Cc1ccccc1)C(=O)N2. The summed E-state index contributed by atoms with van der Waals surface area (Å²) >= 11 is 1.37. The van der Waals surface area contributed by atoms with Crippen LogP contribution in [0.15, 0.2) is 52.4 Å². The Balaban J connectivity index is 1.32. The first-order valence-corrected chi connectivity index (χ1v) is 12.2. The third-order valence-electron chi connectivity index (χ3n) is 6.02. The van der Waals surface area contributed by atoms with Gasteiger partial charge in [0.15, 0.2) is 0 Å². The second-order valence-corrected chi connectivity index (χ2v) is 9.33. The topological polar surface area (TPSA) is 74.3 Å². The molecule has 1 fully saturated rings. The molecule has 168 valence electrons. The van der Waals surface area contributed by atoms with Crippen LogP contribution >= 0.6 is 11.8 Å². The number of aromatic nitrogens is 1. The molecular weight excluding hydrogens is 420 g/mol. The smallest absolute Gasteiger partial charge is 0.269 e. The van der Waals surface area contributed by atoms with E-state index in [0.29, 0.717) is 28.9 Å². The molecule has 1 atom stereocenters. The maximum atomic E-state index is 12.6. The zero-order valence-electron chi connectivity index (χ0n) is 18.5. The van der Waals surface area contributed by atoms with Crippen LogP contribution in [0.25, 0.3) is 6.08 Å². The molecule has 3 heterocycles. The largest absolute Gasteiger partial charge is 0.351 e. The maximum absolute atomic E-state index is 12.6. The van der Waals surface area contributed by atoms with Crippen LogP contribution in [0.2, 0.25) is 0 Å². The standard InChI is InChI=1S/C25H30N4O2S/c1-2-19-11-6-7-13-29(19)14-8-12-26-24(30)21-16-20-23(17-27-21)32-22(25(31)28-20)15-18-9-4-3-5-10-18/h3-5,9-10,15-17,19H,2,6-8,11-14H2,1H3,(H,26,30)(H,28,31). The van der Waals surface area contributed by atoms with Crippen molar-refractivity contribution in [1.29, 1.82) is 0 Å². The second kappa shape index (κ2) is 10.8. The summed E-state index contributed by atoms with van der Waals surface area (Å²) in [6.07, 6.45) is 9.52. The van der Waals surface area contributed by atoms with E-state index >= 15 is 0 Å². The molecule has 2 aliphatic heterocycles. The van der Waals surface area contributed by atoms with Crippen molar-refractivity contribution in [3.8, 4) is 0 Å². The Hall–Kier alpha value is -2.64. The molecule has 1 aromatic heterocycles. The lowest BCUT2D eigenvalue weighted by Gasteiger charge is -2.35. The van der Waals surface area contributed by atoms with E-state index in [1.54, 1.807) is 12.3 Å². The molecule has 0 aliphatic carbocycles. The molecule has 1 saturated heterocycles. The quantitative estimate of drug-likeness (QED) is 0.478. The number of hydrogen-bond donors (Lipinski definition) is 2. The van der Waals surface area contributed by atoms with Crippen molar-refractivity contribution in [2.45, 2.75) is 50.0 Å². The lowest BCUT2D eigenvalue weighted by atomic mass is 10.00. The van der Waals surface area contributed by atoms with Crippen LogP contribution < -0.4 is 10.6 Å². The van der Waals surface area contributed by atoms with Crippen molar-refractivity contribution in [3.05, 3.63) is 58.8 Å². The van der Waals surface area contributed by atoms with Gasteiger partial charge in [0.25, 0.3) is 11.8 Å². The van der Waals surface area contributed by atoms with Gasteiger partial charge in [-0.15, -0.1) is 0 Å². The van der Waals surface area contributed by atoms with E-state index in [9.17, 15) is 9.59 Å². The molecule has 2 amide bonds. The predicted octanol–water partition coefficient (Wildman–Crippen LogP) is 4.55. The first kappa shape index (κ1) is 22.6. The molecule has 1 aromatic carbocycles. The highest BCUT2D eigenvalue weighted by Gasteiger charge is 2.23. The van der Waals surface area contributed by atoms with Crippen molar-refractivity contribution in [2.75, 3.05) is 25.0 Å². The summed E-state index contributed by atoms with van der Waals surface area (Å²) in [6, 6.07) is 12.1. The minimum atomic E-state index is -0.205. The van der Waals surface area contributed by atoms with Crippen molar-refractivity contribution in [1.82, 2.24) is 15.2 Å². The number of pyridine rings is 1. The Morgan fingerprint density at radius 3 is 2.97 bits per heavy atom. The maximum Gasteiger partial charge on any atom is 0.269 e. The Morgan fingerprint density at radius 2 is 2.16 bits per heavy atom. The minimum absolute atomic E-state index is 0.170. The number of nitrogens with zero attached hydrogens (tertiary/aromatic N) is 2. The monoisotopic (exact) mass is 450 g/mol. The van der Waals surface area contributed by atoms with E-state index in [2.05, 4.69) is 27.4 Å². The van der Waals surface area contributed by atoms with Crippen molar-refractivity contribution < 1.29 is 9.59 Å². The number of piperidine rings is 1. The number of nitrogens with one attached hydrogen (secondary N) is 2. The fraction of sp³-hybridized carbons (Fsp3) is 0.400. The average molecular weight is 451 g/mol. The van der Waals surface area contributed by atoms with Crippen LogP contribution in [0.1, 0.15) is 55.1 Å². The zero-order chi connectivity index (χ0) is 22.3. The Labute approximate surface area is 193 Å². The molecule has 32 heavy (non-hydrogen) atoms. The van der Waals surface area contributed by atoms with E-state index in [1.165, 1.54) is 37.4 Å². The van der Waals surface area contributed by atoms with Gasteiger partial charge in [0.2, 0.25) is 0 Å². The van der Waals surface area contributed by atoms with E-state index < -0.39 is 0 Å². The third kappa shape index (κ3) is 5.58. The summed E-state index contributed by atoms with van der Waals surface area (Å²) in [7, 11) is 0. The number of fused-ring (bicyclic) bond motifs is 1. The summed E-state index contributed by atoms with van der Waals surface area (Å²) in [5.41, 5.74) is 1.92. The van der Waals surface area contributed by atoms with Crippen molar-refractivity contribution in [2.24, 2.45) is 0 Å². The van der Waals surface area contributed by atoms with Crippen molar-refractivity contribution >= 4 is 35.3 Å². The van der Waals surface area contributed by atoms with Crippen LogP contribution in [0, 0.1) is 0 Å². The van der Waals surface area contributed by atoms with Crippen LogP contribution in [-0.2, 0) is 4.79 Å². The first-order valence-electron chi connectivity index (χ1n) is 11.4. The molecule has 0 bridgehead atoms. The summed E-state index contributed by atoms with van der Waals surface area (Å²) in [5, 5.41) is 5.86. The van der Waals surface area contributed by atoms with E-state index in [0.717, 1.165) is 30.0 Å². The number of carbonyl (C=O) groups excluding carboxylic acids is 2. The molecule has 2 aromatic rings. The number of anilines is 1. The van der Waals surface area contributed by atoms with E-state index in [1.807, 2.05) is 36.4 Å². The molecular formula is C25H30N4O2S. The second-order valence-electron chi connectivity index (χ2n) is 8.24. The van der Waals surface area contributed by atoms with Crippen LogP contribution in [-0.4, -0.2) is 47.4 Å². The van der Waals surface area contributed by atoms with Gasteiger partial charge in [-0.05, 0) is 49.9 Å². The number of rotatable bonds is 7. The number of likely N-dealkylation sites (tertiary alicyclic amines) is 1. The van der Waals surface area contributed by atoms with Gasteiger partial charge in [-0.25, -0.2) is 4.98 Å². The number of amides is 2. The van der Waals surface area contributed by atoms with Gasteiger partial charge in [0, 0.05) is 25.3 Å². The molecule has 0 saturated carbocycles. The molecule has 1 unspecified atom stereocenters. The molecule has 2 N–H and O–H groups in total. The van der Waals surface area contributed by atoms with Gasteiger partial charge in [0.1, 0.15) is 5.69 Å². The summed E-state index contributed by atoms with van der Waals surface area (Å²) < 4.78 is 0. The summed E-state index contributed by atoms with van der Waals surface area (Å²) in [6.45, 7) is 5.05. The Bertz CT molecular complexity index is 993. The molecule has 2 aliphatic rings. The van der Waals surface area contributed by atoms with Gasteiger partial charge in [-0.2, -0.15) is 0 Å². The molecule has 4 rings (SSSR count). The van der Waals surface area contributed by atoms with E-state index in [4.69, 9.17) is 0 Å². The fourth-order valence-electron chi connectivity index (χ4n) is 4.28. The number of benzene rings is 1. The highest BCUT2D eigenvalue weighted by Crippen LogP contribution is 2.38.